The van der Waals surface area contributed by atoms with Gasteiger partial charge in [-0.05, 0) is 24.1 Å². The molecule has 0 saturated carbocycles. The molecule has 19 heavy (non-hydrogen) atoms. The average Bonchev–Trinajstić information content (AvgIpc) is 2.72. The Hall–Kier alpha value is -1.11. The number of nitrogens with two attached hydrogens (primary N) is 1. The van der Waals surface area contributed by atoms with Crippen molar-refractivity contribution in [3.8, 4) is 0 Å². The van der Waals surface area contributed by atoms with Gasteiger partial charge in [-0.1, -0.05) is 12.1 Å². The molecule has 0 radical (unpaired) electrons. The second kappa shape index (κ2) is 5.90. The average molecular weight is 284 g/mol. The van der Waals surface area contributed by atoms with Crippen LogP contribution in [0.3, 0.4) is 0 Å². The van der Waals surface area contributed by atoms with Crippen LogP contribution in [0.25, 0.3) is 0 Å². The van der Waals surface area contributed by atoms with Gasteiger partial charge in [0, 0.05) is 24.8 Å². The molecule has 0 bridgehead atoms. The Morgan fingerprint density at radius 1 is 1.32 bits per heavy atom. The first-order valence-electron chi connectivity index (χ1n) is 6.40. The number of hydrogen-bond acceptors (Lipinski definition) is 5. The van der Waals surface area contributed by atoms with Gasteiger partial charge < -0.3 is 10.8 Å². The molecular weight excluding hydrogens is 264 g/mol. The van der Waals surface area contributed by atoms with Gasteiger partial charge in [-0.3, -0.25) is 4.90 Å². The number of anilines is 1. The monoisotopic (exact) mass is 284 g/mol. The van der Waals surface area contributed by atoms with Gasteiger partial charge in [-0.15, -0.1) is 0 Å². The maximum atomic E-state index is 11.5. The minimum absolute atomic E-state index is 0.00898. The standard InChI is InChI=1S/C13H20N2O3S/c14-12-3-1-11(2-4-12)9-15(6-7-16)13-5-8-19(17,18)10-13/h1-4,13,16H,5-10,14H2/t13-/m0/s1. The maximum Gasteiger partial charge on any atom is 0.151 e. The zero-order valence-electron chi connectivity index (χ0n) is 10.8. The van der Waals surface area contributed by atoms with Gasteiger partial charge in [0.25, 0.3) is 0 Å². The molecule has 1 atom stereocenters. The minimum atomic E-state index is -2.90. The smallest absolute Gasteiger partial charge is 0.151 e. The van der Waals surface area contributed by atoms with Gasteiger partial charge in [-0.2, -0.15) is 0 Å². The Kier molecular flexibility index (Phi) is 4.44. The van der Waals surface area contributed by atoms with Crippen LogP contribution in [0.15, 0.2) is 24.3 Å². The largest absolute Gasteiger partial charge is 0.399 e. The first-order chi connectivity index (χ1) is 9.00. The molecule has 1 heterocycles. The number of nitrogens with zero attached hydrogens (tertiary/aromatic N) is 1. The lowest BCUT2D eigenvalue weighted by Gasteiger charge is -2.27. The third-order valence-corrected chi connectivity index (χ3v) is 5.23. The number of benzene rings is 1. The molecule has 1 aromatic carbocycles. The van der Waals surface area contributed by atoms with Crippen LogP contribution in [-0.2, 0) is 16.4 Å². The number of sulfone groups is 1. The molecule has 1 aliphatic heterocycles. The molecule has 0 amide bonds. The molecular formula is C13H20N2O3S. The van der Waals surface area contributed by atoms with Crippen molar-refractivity contribution in [3.63, 3.8) is 0 Å². The zero-order valence-corrected chi connectivity index (χ0v) is 11.6. The van der Waals surface area contributed by atoms with E-state index in [-0.39, 0.29) is 24.2 Å². The van der Waals surface area contributed by atoms with E-state index in [9.17, 15) is 8.42 Å². The van der Waals surface area contributed by atoms with E-state index in [0.29, 0.717) is 25.2 Å². The second-order valence-corrected chi connectivity index (χ2v) is 7.22. The van der Waals surface area contributed by atoms with Crippen LogP contribution >= 0.6 is 0 Å². The molecule has 1 aromatic rings. The molecule has 5 nitrogen and oxygen atoms in total. The van der Waals surface area contributed by atoms with E-state index in [1.165, 1.54) is 0 Å². The summed E-state index contributed by atoms with van der Waals surface area (Å²) in [6.07, 6.45) is 0.650. The zero-order chi connectivity index (χ0) is 13.9. The molecule has 2 rings (SSSR count). The molecule has 1 aliphatic rings. The lowest BCUT2D eigenvalue weighted by atomic mass is 10.1. The van der Waals surface area contributed by atoms with Gasteiger partial charge in [0.2, 0.25) is 0 Å². The van der Waals surface area contributed by atoms with Crippen molar-refractivity contribution in [2.45, 2.75) is 19.0 Å². The first kappa shape index (κ1) is 14.3. The Morgan fingerprint density at radius 3 is 2.53 bits per heavy atom. The lowest BCUT2D eigenvalue weighted by molar-refractivity contribution is 0.153. The highest BCUT2D eigenvalue weighted by atomic mass is 32.2. The summed E-state index contributed by atoms with van der Waals surface area (Å²) in [5.41, 5.74) is 7.43. The number of nitrogen functional groups attached to an aromatic ring is 1. The number of aliphatic hydroxyl groups excluding tert-OH is 1. The van der Waals surface area contributed by atoms with Gasteiger partial charge in [0.1, 0.15) is 0 Å². The van der Waals surface area contributed by atoms with Gasteiger partial charge in [-0.25, -0.2) is 8.42 Å². The fourth-order valence-electron chi connectivity index (χ4n) is 2.44. The molecule has 1 fully saturated rings. The van der Waals surface area contributed by atoms with E-state index >= 15 is 0 Å². The lowest BCUT2D eigenvalue weighted by Crippen LogP contribution is -2.37. The highest BCUT2D eigenvalue weighted by molar-refractivity contribution is 7.91. The highest BCUT2D eigenvalue weighted by Gasteiger charge is 2.31. The normalized spacial score (nSPS) is 21.9. The number of aliphatic hydroxyl groups is 1. The van der Waals surface area contributed by atoms with Crippen LogP contribution < -0.4 is 5.73 Å². The summed E-state index contributed by atoms with van der Waals surface area (Å²) < 4.78 is 23.1. The third kappa shape index (κ3) is 3.92. The molecule has 0 aliphatic carbocycles. The summed E-state index contributed by atoms with van der Waals surface area (Å²) in [6.45, 7) is 1.16. The summed E-state index contributed by atoms with van der Waals surface area (Å²) >= 11 is 0. The fraction of sp³-hybridized carbons (Fsp3) is 0.538. The van der Waals surface area contributed by atoms with E-state index in [4.69, 9.17) is 10.8 Å². The van der Waals surface area contributed by atoms with E-state index in [1.807, 2.05) is 29.2 Å². The topological polar surface area (TPSA) is 83.6 Å². The predicted octanol–water partition coefficient (Wildman–Crippen LogP) is 0.250. The summed E-state index contributed by atoms with van der Waals surface area (Å²) in [5.74, 6) is 0.448. The van der Waals surface area contributed by atoms with Crippen molar-refractivity contribution in [1.82, 2.24) is 4.90 Å². The van der Waals surface area contributed by atoms with Crippen molar-refractivity contribution in [3.05, 3.63) is 29.8 Å². The summed E-state index contributed by atoms with van der Waals surface area (Å²) in [6, 6.07) is 7.54. The Morgan fingerprint density at radius 2 is 2.00 bits per heavy atom. The SMILES string of the molecule is Nc1ccc(CN(CCO)[C@H]2CCS(=O)(=O)C2)cc1. The van der Waals surface area contributed by atoms with Crippen molar-refractivity contribution in [1.29, 1.82) is 0 Å². The van der Waals surface area contributed by atoms with Crippen LogP contribution in [-0.4, -0.2) is 49.1 Å². The predicted molar refractivity (Wildman–Crippen MR) is 75.4 cm³/mol. The number of hydrogen-bond donors (Lipinski definition) is 2. The maximum absolute atomic E-state index is 11.5. The Balaban J connectivity index is 2.06. The summed E-state index contributed by atoms with van der Waals surface area (Å²) in [4.78, 5) is 2.04. The van der Waals surface area contributed by atoms with Gasteiger partial charge >= 0.3 is 0 Å². The molecule has 1 saturated heterocycles. The second-order valence-electron chi connectivity index (χ2n) is 4.99. The Bertz CT molecular complexity index is 513. The molecule has 6 heteroatoms. The molecule has 0 unspecified atom stereocenters. The molecule has 0 spiro atoms. The van der Waals surface area contributed by atoms with Crippen molar-refractivity contribution < 1.29 is 13.5 Å². The van der Waals surface area contributed by atoms with Crippen molar-refractivity contribution >= 4 is 15.5 Å². The summed E-state index contributed by atoms with van der Waals surface area (Å²) in [5, 5.41) is 9.14. The van der Waals surface area contributed by atoms with Crippen molar-refractivity contribution in [2.24, 2.45) is 0 Å². The van der Waals surface area contributed by atoms with E-state index in [0.717, 1.165) is 5.56 Å². The van der Waals surface area contributed by atoms with Gasteiger partial charge in [0.15, 0.2) is 9.84 Å². The summed E-state index contributed by atoms with van der Waals surface area (Å²) in [7, 11) is -2.90. The Labute approximate surface area is 113 Å². The molecule has 3 N–H and O–H groups in total. The quantitative estimate of drug-likeness (QED) is 0.757. The molecule has 106 valence electrons. The van der Waals surface area contributed by atoms with E-state index in [2.05, 4.69) is 0 Å². The van der Waals surface area contributed by atoms with Crippen LogP contribution in [0.2, 0.25) is 0 Å². The minimum Gasteiger partial charge on any atom is -0.399 e. The van der Waals surface area contributed by atoms with Crippen LogP contribution in [0.1, 0.15) is 12.0 Å². The first-order valence-corrected chi connectivity index (χ1v) is 8.22. The van der Waals surface area contributed by atoms with E-state index < -0.39 is 9.84 Å². The van der Waals surface area contributed by atoms with Crippen LogP contribution in [0, 0.1) is 0 Å². The highest BCUT2D eigenvalue weighted by Crippen LogP contribution is 2.20. The van der Waals surface area contributed by atoms with Crippen molar-refractivity contribution in [2.75, 3.05) is 30.4 Å². The third-order valence-electron chi connectivity index (χ3n) is 3.48. The van der Waals surface area contributed by atoms with Gasteiger partial charge in [0.05, 0.1) is 18.1 Å². The number of rotatable bonds is 5. The van der Waals surface area contributed by atoms with Crippen LogP contribution in [0.4, 0.5) is 5.69 Å². The van der Waals surface area contributed by atoms with Crippen LogP contribution in [0.5, 0.6) is 0 Å². The molecule has 0 aromatic heterocycles. The fourth-order valence-corrected chi connectivity index (χ4v) is 4.20. The van der Waals surface area contributed by atoms with E-state index in [1.54, 1.807) is 0 Å².